The molecule has 5 nitrogen and oxygen atoms in total. The molecule has 0 aliphatic carbocycles. The maximum absolute atomic E-state index is 12.3. The quantitative estimate of drug-likeness (QED) is 0.734. The first kappa shape index (κ1) is 13.9. The van der Waals surface area contributed by atoms with Gasteiger partial charge in [0.05, 0.1) is 0 Å². The average molecular weight is 249 g/mol. The molecule has 0 amide bonds. The molecule has 0 aromatic carbocycles. The second-order valence-corrected chi connectivity index (χ2v) is 5.98. The Kier molecular flexibility index (Phi) is 5.68. The molecular formula is C10H23N3O2S. The van der Waals surface area contributed by atoms with Gasteiger partial charge in [-0.1, -0.05) is 13.8 Å². The fourth-order valence-corrected chi connectivity index (χ4v) is 3.68. The summed E-state index contributed by atoms with van der Waals surface area (Å²) >= 11 is 0. The van der Waals surface area contributed by atoms with Gasteiger partial charge < -0.3 is 5.32 Å². The summed E-state index contributed by atoms with van der Waals surface area (Å²) in [5.74, 6) is 0. The van der Waals surface area contributed by atoms with Crippen LogP contribution < -0.4 is 5.32 Å². The lowest BCUT2D eigenvalue weighted by atomic mass is 10.4. The van der Waals surface area contributed by atoms with Crippen LogP contribution in [0.15, 0.2) is 0 Å². The van der Waals surface area contributed by atoms with Gasteiger partial charge in [0.2, 0.25) is 0 Å². The van der Waals surface area contributed by atoms with Crippen molar-refractivity contribution in [3.05, 3.63) is 0 Å². The van der Waals surface area contributed by atoms with Gasteiger partial charge in [0.1, 0.15) is 0 Å². The van der Waals surface area contributed by atoms with E-state index in [0.29, 0.717) is 26.2 Å². The molecule has 1 aliphatic heterocycles. The van der Waals surface area contributed by atoms with Crippen LogP contribution in [-0.4, -0.2) is 56.3 Å². The molecule has 0 aromatic heterocycles. The van der Waals surface area contributed by atoms with E-state index in [2.05, 4.69) is 5.32 Å². The van der Waals surface area contributed by atoms with Crippen molar-refractivity contribution in [1.82, 2.24) is 13.9 Å². The summed E-state index contributed by atoms with van der Waals surface area (Å²) in [4.78, 5) is 0. The number of piperazine rings is 1. The molecule has 1 N–H and O–H groups in total. The maximum Gasteiger partial charge on any atom is 0.282 e. The summed E-state index contributed by atoms with van der Waals surface area (Å²) in [6.07, 6.45) is 1.73. The van der Waals surface area contributed by atoms with Crippen LogP contribution in [0.1, 0.15) is 26.7 Å². The molecule has 0 saturated carbocycles. The van der Waals surface area contributed by atoms with Gasteiger partial charge in [0, 0.05) is 39.3 Å². The Hall–Kier alpha value is -0.170. The Bertz CT molecular complexity index is 280. The van der Waals surface area contributed by atoms with Crippen LogP contribution in [0.2, 0.25) is 0 Å². The zero-order valence-electron chi connectivity index (χ0n) is 10.3. The van der Waals surface area contributed by atoms with Crippen molar-refractivity contribution >= 4 is 10.2 Å². The molecule has 0 unspecified atom stereocenters. The van der Waals surface area contributed by atoms with Crippen LogP contribution in [-0.2, 0) is 10.2 Å². The zero-order chi connectivity index (χ0) is 12.0. The number of rotatable bonds is 6. The first-order valence-corrected chi connectivity index (χ1v) is 7.48. The lowest BCUT2D eigenvalue weighted by Gasteiger charge is -2.32. The summed E-state index contributed by atoms with van der Waals surface area (Å²) in [5, 5.41) is 3.17. The molecule has 0 bridgehead atoms. The highest BCUT2D eigenvalue weighted by molar-refractivity contribution is 7.86. The first-order valence-electron chi connectivity index (χ1n) is 6.08. The van der Waals surface area contributed by atoms with E-state index in [4.69, 9.17) is 0 Å². The Morgan fingerprint density at radius 2 is 1.62 bits per heavy atom. The monoisotopic (exact) mass is 249 g/mol. The lowest BCUT2D eigenvalue weighted by Crippen LogP contribution is -2.52. The molecule has 1 rings (SSSR count). The highest BCUT2D eigenvalue weighted by atomic mass is 32.2. The van der Waals surface area contributed by atoms with Gasteiger partial charge in [0.25, 0.3) is 10.2 Å². The molecule has 1 aliphatic rings. The normalized spacial score (nSPS) is 19.2. The third-order valence-electron chi connectivity index (χ3n) is 2.67. The van der Waals surface area contributed by atoms with Crippen LogP contribution in [0.25, 0.3) is 0 Å². The fourth-order valence-electron chi connectivity index (χ4n) is 1.88. The zero-order valence-corrected chi connectivity index (χ0v) is 11.1. The van der Waals surface area contributed by atoms with Crippen LogP contribution in [0.3, 0.4) is 0 Å². The van der Waals surface area contributed by atoms with Crippen molar-refractivity contribution in [1.29, 1.82) is 0 Å². The minimum Gasteiger partial charge on any atom is -0.314 e. The summed E-state index contributed by atoms with van der Waals surface area (Å²) in [6.45, 7) is 7.96. The summed E-state index contributed by atoms with van der Waals surface area (Å²) in [7, 11) is -3.22. The van der Waals surface area contributed by atoms with E-state index in [1.165, 1.54) is 0 Å². The van der Waals surface area contributed by atoms with Gasteiger partial charge in [-0.25, -0.2) is 0 Å². The van der Waals surface area contributed by atoms with Gasteiger partial charge >= 0.3 is 0 Å². The minimum absolute atomic E-state index is 0.590. The largest absolute Gasteiger partial charge is 0.314 e. The number of nitrogens with zero attached hydrogens (tertiary/aromatic N) is 2. The molecule has 6 heteroatoms. The molecule has 96 valence electrons. The molecule has 1 saturated heterocycles. The highest BCUT2D eigenvalue weighted by Crippen LogP contribution is 2.10. The maximum atomic E-state index is 12.3. The lowest BCUT2D eigenvalue weighted by molar-refractivity contribution is 0.310. The molecule has 0 aromatic rings. The van der Waals surface area contributed by atoms with E-state index < -0.39 is 10.2 Å². The Morgan fingerprint density at radius 1 is 1.12 bits per heavy atom. The molecule has 16 heavy (non-hydrogen) atoms. The van der Waals surface area contributed by atoms with Crippen molar-refractivity contribution in [2.75, 3.05) is 39.3 Å². The van der Waals surface area contributed by atoms with Crippen LogP contribution >= 0.6 is 0 Å². The van der Waals surface area contributed by atoms with Crippen LogP contribution in [0, 0.1) is 0 Å². The van der Waals surface area contributed by atoms with Crippen molar-refractivity contribution in [3.8, 4) is 0 Å². The first-order chi connectivity index (χ1) is 7.62. The molecule has 0 radical (unpaired) electrons. The molecule has 0 atom stereocenters. The van der Waals surface area contributed by atoms with Gasteiger partial charge in [-0.05, 0) is 12.8 Å². The van der Waals surface area contributed by atoms with Crippen LogP contribution in [0.4, 0.5) is 0 Å². The van der Waals surface area contributed by atoms with Crippen molar-refractivity contribution in [2.45, 2.75) is 26.7 Å². The molecule has 1 fully saturated rings. The van der Waals surface area contributed by atoms with Crippen molar-refractivity contribution in [3.63, 3.8) is 0 Å². The SMILES string of the molecule is CCCN(CCC)S(=O)(=O)N1CCNCC1. The number of nitrogens with one attached hydrogen (secondary N) is 1. The molecular weight excluding hydrogens is 226 g/mol. The van der Waals surface area contributed by atoms with E-state index >= 15 is 0 Å². The molecule has 1 heterocycles. The Morgan fingerprint density at radius 3 is 2.06 bits per heavy atom. The van der Waals surface area contributed by atoms with Gasteiger partial charge in [0.15, 0.2) is 0 Å². The van der Waals surface area contributed by atoms with E-state index in [0.717, 1.165) is 25.9 Å². The standard InChI is InChI=1S/C10H23N3O2S/c1-3-7-12(8-4-2)16(14,15)13-9-5-11-6-10-13/h11H,3-10H2,1-2H3. The van der Waals surface area contributed by atoms with E-state index in [-0.39, 0.29) is 0 Å². The minimum atomic E-state index is -3.22. The third kappa shape index (κ3) is 3.41. The third-order valence-corrected chi connectivity index (χ3v) is 4.71. The highest BCUT2D eigenvalue weighted by Gasteiger charge is 2.29. The predicted molar refractivity (Wildman–Crippen MR) is 65.5 cm³/mol. The average Bonchev–Trinajstić information content (AvgIpc) is 2.30. The van der Waals surface area contributed by atoms with Crippen molar-refractivity contribution < 1.29 is 8.42 Å². The number of hydrogen-bond acceptors (Lipinski definition) is 3. The van der Waals surface area contributed by atoms with E-state index in [9.17, 15) is 8.42 Å². The Labute approximate surface area is 99.0 Å². The van der Waals surface area contributed by atoms with Crippen LogP contribution in [0.5, 0.6) is 0 Å². The molecule has 0 spiro atoms. The summed E-state index contributed by atoms with van der Waals surface area (Å²) in [5.41, 5.74) is 0. The Balaban J connectivity index is 2.70. The predicted octanol–water partition coefficient (Wildman–Crippen LogP) is 0.258. The fraction of sp³-hybridized carbons (Fsp3) is 1.00. The van der Waals surface area contributed by atoms with Gasteiger partial charge in [-0.3, -0.25) is 0 Å². The topological polar surface area (TPSA) is 52.7 Å². The van der Waals surface area contributed by atoms with Gasteiger partial charge in [-0.15, -0.1) is 0 Å². The summed E-state index contributed by atoms with van der Waals surface area (Å²) < 4.78 is 27.8. The van der Waals surface area contributed by atoms with Crippen molar-refractivity contribution in [2.24, 2.45) is 0 Å². The smallest absolute Gasteiger partial charge is 0.282 e. The van der Waals surface area contributed by atoms with Gasteiger partial charge in [-0.2, -0.15) is 17.0 Å². The van der Waals surface area contributed by atoms with E-state index in [1.54, 1.807) is 8.61 Å². The van der Waals surface area contributed by atoms with E-state index in [1.807, 2.05) is 13.8 Å². The summed E-state index contributed by atoms with van der Waals surface area (Å²) in [6, 6.07) is 0. The second kappa shape index (κ2) is 6.54. The number of hydrogen-bond donors (Lipinski definition) is 1. The second-order valence-electron chi connectivity index (χ2n) is 4.06.